The zero-order valence-corrected chi connectivity index (χ0v) is 16.1. The first-order valence-corrected chi connectivity index (χ1v) is 8.28. The highest BCUT2D eigenvalue weighted by atomic mass is 79.9. The van der Waals surface area contributed by atoms with Gasteiger partial charge in [-0.05, 0) is 45.8 Å². The molecule has 25 heavy (non-hydrogen) atoms. The molecular weight excluding hydrogens is 386 g/mol. The van der Waals surface area contributed by atoms with Crippen molar-refractivity contribution in [3.05, 3.63) is 52.0 Å². The molecule has 0 atom stereocenters. The summed E-state index contributed by atoms with van der Waals surface area (Å²) in [6.45, 7) is 0. The minimum atomic E-state index is -0.361. The fourth-order valence-electron chi connectivity index (χ4n) is 2.18. The topological polar surface area (TPSA) is 63.2 Å². The van der Waals surface area contributed by atoms with Crippen molar-refractivity contribution in [3.8, 4) is 11.5 Å². The Morgan fingerprint density at radius 1 is 1.16 bits per heavy atom. The summed E-state index contributed by atoms with van der Waals surface area (Å²) >= 11 is 3.52. The maximum absolute atomic E-state index is 12.3. The average molecular weight is 406 g/mol. The van der Waals surface area contributed by atoms with Gasteiger partial charge in [0, 0.05) is 24.6 Å². The second-order valence-electron chi connectivity index (χ2n) is 5.37. The predicted molar refractivity (Wildman–Crippen MR) is 103 cm³/mol. The third kappa shape index (κ3) is 4.73. The summed E-state index contributed by atoms with van der Waals surface area (Å²) < 4.78 is 11.3. The third-order valence-electron chi connectivity index (χ3n) is 3.49. The number of hydrogen-bond acceptors (Lipinski definition) is 5. The summed E-state index contributed by atoms with van der Waals surface area (Å²) in [4.78, 5) is 14.3. The van der Waals surface area contributed by atoms with Crippen LogP contribution in [0, 0.1) is 0 Å². The van der Waals surface area contributed by atoms with Crippen LogP contribution < -0.4 is 19.8 Å². The molecule has 1 N–H and O–H groups in total. The molecule has 0 radical (unpaired) electrons. The summed E-state index contributed by atoms with van der Waals surface area (Å²) in [6.07, 6.45) is 1.58. The van der Waals surface area contributed by atoms with Gasteiger partial charge >= 0.3 is 0 Å². The van der Waals surface area contributed by atoms with Crippen molar-refractivity contribution in [2.45, 2.75) is 0 Å². The lowest BCUT2D eigenvalue weighted by Gasteiger charge is -2.14. The van der Waals surface area contributed by atoms with E-state index in [2.05, 4.69) is 26.5 Å². The van der Waals surface area contributed by atoms with Gasteiger partial charge < -0.3 is 14.4 Å². The number of anilines is 1. The zero-order valence-electron chi connectivity index (χ0n) is 14.5. The molecule has 0 aliphatic heterocycles. The molecule has 0 fully saturated rings. The number of amides is 1. The number of halogens is 1. The SMILES string of the molecule is COc1ccc(C(=O)N/N=C\c2ccc(N(C)C)c(Br)c2)c(OC)c1. The van der Waals surface area contributed by atoms with E-state index >= 15 is 0 Å². The number of rotatable bonds is 6. The van der Waals surface area contributed by atoms with Gasteiger partial charge in [0.25, 0.3) is 5.91 Å². The standard InChI is InChI=1S/C18H20BrN3O3/c1-22(2)16-8-5-12(9-15(16)19)11-20-21-18(23)14-7-6-13(24-3)10-17(14)25-4/h5-11H,1-4H3,(H,21,23)/b20-11-. The van der Waals surface area contributed by atoms with E-state index in [1.54, 1.807) is 31.5 Å². The van der Waals surface area contributed by atoms with E-state index in [0.717, 1.165) is 15.7 Å². The van der Waals surface area contributed by atoms with Gasteiger partial charge in [0.2, 0.25) is 0 Å². The molecule has 7 heteroatoms. The highest BCUT2D eigenvalue weighted by Crippen LogP contribution is 2.25. The maximum Gasteiger partial charge on any atom is 0.275 e. The molecule has 0 aliphatic rings. The number of nitrogens with zero attached hydrogens (tertiary/aromatic N) is 2. The van der Waals surface area contributed by atoms with Crippen LogP contribution in [0.15, 0.2) is 46.0 Å². The Hall–Kier alpha value is -2.54. The van der Waals surface area contributed by atoms with E-state index in [0.29, 0.717) is 17.1 Å². The zero-order chi connectivity index (χ0) is 18.4. The molecule has 0 heterocycles. The largest absolute Gasteiger partial charge is 0.497 e. The summed E-state index contributed by atoms with van der Waals surface area (Å²) in [7, 11) is 6.99. The fourth-order valence-corrected chi connectivity index (χ4v) is 2.93. The first-order chi connectivity index (χ1) is 12.0. The highest BCUT2D eigenvalue weighted by molar-refractivity contribution is 9.10. The quantitative estimate of drug-likeness (QED) is 0.591. The van der Waals surface area contributed by atoms with Gasteiger partial charge in [-0.2, -0.15) is 5.10 Å². The monoisotopic (exact) mass is 405 g/mol. The van der Waals surface area contributed by atoms with Gasteiger partial charge in [-0.3, -0.25) is 4.79 Å². The second-order valence-corrected chi connectivity index (χ2v) is 6.22. The molecule has 0 saturated heterocycles. The van der Waals surface area contributed by atoms with Gasteiger partial charge in [-0.25, -0.2) is 5.43 Å². The van der Waals surface area contributed by atoms with E-state index in [-0.39, 0.29) is 5.91 Å². The Morgan fingerprint density at radius 2 is 1.92 bits per heavy atom. The highest BCUT2D eigenvalue weighted by Gasteiger charge is 2.12. The van der Waals surface area contributed by atoms with Crippen molar-refractivity contribution in [1.82, 2.24) is 5.43 Å². The summed E-state index contributed by atoms with van der Waals surface area (Å²) in [5.41, 5.74) is 4.80. The van der Waals surface area contributed by atoms with Gasteiger partial charge in [0.15, 0.2) is 0 Å². The van der Waals surface area contributed by atoms with Crippen molar-refractivity contribution in [2.24, 2.45) is 5.10 Å². The van der Waals surface area contributed by atoms with Crippen LogP contribution in [-0.4, -0.2) is 40.4 Å². The number of methoxy groups -OCH3 is 2. The minimum absolute atomic E-state index is 0.361. The molecule has 0 bridgehead atoms. The summed E-state index contributed by atoms with van der Waals surface area (Å²) in [5, 5.41) is 4.01. The minimum Gasteiger partial charge on any atom is -0.497 e. The third-order valence-corrected chi connectivity index (χ3v) is 4.12. The van der Waals surface area contributed by atoms with Crippen LogP contribution in [0.25, 0.3) is 0 Å². The van der Waals surface area contributed by atoms with Gasteiger partial charge in [-0.15, -0.1) is 0 Å². The number of carbonyl (C=O) groups excluding carboxylic acids is 1. The van der Waals surface area contributed by atoms with Crippen LogP contribution in [0.5, 0.6) is 11.5 Å². The molecule has 0 spiro atoms. The number of hydrogen-bond donors (Lipinski definition) is 1. The van der Waals surface area contributed by atoms with Crippen LogP contribution in [0.4, 0.5) is 5.69 Å². The first kappa shape index (κ1) is 18.8. The summed E-state index contributed by atoms with van der Waals surface area (Å²) in [6, 6.07) is 10.8. The Balaban J connectivity index is 2.09. The Bertz CT molecular complexity index is 791. The van der Waals surface area contributed by atoms with Gasteiger partial charge in [0.1, 0.15) is 11.5 Å². The van der Waals surface area contributed by atoms with Crippen LogP contribution in [0.2, 0.25) is 0 Å². The van der Waals surface area contributed by atoms with Gasteiger partial charge in [-0.1, -0.05) is 6.07 Å². The normalized spacial score (nSPS) is 10.6. The number of carbonyl (C=O) groups is 1. The van der Waals surface area contributed by atoms with E-state index in [9.17, 15) is 4.79 Å². The van der Waals surface area contributed by atoms with E-state index in [1.165, 1.54) is 7.11 Å². The maximum atomic E-state index is 12.3. The van der Waals surface area contributed by atoms with Crippen molar-refractivity contribution in [2.75, 3.05) is 33.2 Å². The lowest BCUT2D eigenvalue weighted by molar-refractivity contribution is 0.0952. The molecule has 2 aromatic rings. The molecule has 6 nitrogen and oxygen atoms in total. The van der Waals surface area contributed by atoms with E-state index in [4.69, 9.17) is 9.47 Å². The predicted octanol–water partition coefficient (Wildman–Crippen LogP) is 3.30. The van der Waals surface area contributed by atoms with Crippen molar-refractivity contribution in [1.29, 1.82) is 0 Å². The van der Waals surface area contributed by atoms with Crippen molar-refractivity contribution in [3.63, 3.8) is 0 Å². The van der Waals surface area contributed by atoms with Crippen LogP contribution in [-0.2, 0) is 0 Å². The van der Waals surface area contributed by atoms with Crippen molar-refractivity contribution >= 4 is 33.7 Å². The van der Waals surface area contributed by atoms with Crippen LogP contribution in [0.3, 0.4) is 0 Å². The lowest BCUT2D eigenvalue weighted by Crippen LogP contribution is -2.18. The van der Waals surface area contributed by atoms with E-state index < -0.39 is 0 Å². The average Bonchev–Trinajstić information content (AvgIpc) is 2.60. The molecule has 2 aromatic carbocycles. The molecule has 0 aromatic heterocycles. The molecule has 1 amide bonds. The molecule has 0 aliphatic carbocycles. The summed E-state index contributed by atoms with van der Waals surface area (Å²) in [5.74, 6) is 0.674. The van der Waals surface area contributed by atoms with Crippen LogP contribution >= 0.6 is 15.9 Å². The molecule has 132 valence electrons. The Morgan fingerprint density at radius 3 is 2.52 bits per heavy atom. The number of ether oxygens (including phenoxy) is 2. The smallest absolute Gasteiger partial charge is 0.275 e. The number of hydrazone groups is 1. The molecular formula is C18H20BrN3O3. The van der Waals surface area contributed by atoms with Crippen molar-refractivity contribution < 1.29 is 14.3 Å². The first-order valence-electron chi connectivity index (χ1n) is 7.48. The second kappa shape index (κ2) is 8.53. The fraction of sp³-hybridized carbons (Fsp3) is 0.222. The molecule has 2 rings (SSSR count). The molecule has 0 unspecified atom stereocenters. The molecule has 0 saturated carbocycles. The van der Waals surface area contributed by atoms with Crippen LogP contribution in [0.1, 0.15) is 15.9 Å². The Kier molecular flexibility index (Phi) is 6.41. The Labute approximate surface area is 155 Å². The van der Waals surface area contributed by atoms with Gasteiger partial charge in [0.05, 0.1) is 31.7 Å². The van der Waals surface area contributed by atoms with E-state index in [1.807, 2.05) is 37.2 Å². The number of nitrogens with one attached hydrogen (secondary N) is 1. The lowest BCUT2D eigenvalue weighted by atomic mass is 10.2. The number of benzene rings is 2.